The summed E-state index contributed by atoms with van der Waals surface area (Å²) in [5.74, 6) is 3.49. The highest BCUT2D eigenvalue weighted by Gasteiger charge is 2.37. The van der Waals surface area contributed by atoms with Crippen LogP contribution in [0.4, 0.5) is 0 Å². The molecule has 2 saturated carbocycles. The smallest absolute Gasteiger partial charge is 0.0105 e. The van der Waals surface area contributed by atoms with Gasteiger partial charge in [-0.3, -0.25) is 0 Å². The minimum absolute atomic E-state index is 0.704. The van der Waals surface area contributed by atoms with E-state index in [1.165, 1.54) is 66.8 Å². The lowest BCUT2D eigenvalue weighted by Gasteiger charge is -2.34. The van der Waals surface area contributed by atoms with Gasteiger partial charge < -0.3 is 0 Å². The van der Waals surface area contributed by atoms with Crippen molar-refractivity contribution in [2.24, 2.45) is 23.7 Å². The van der Waals surface area contributed by atoms with Crippen molar-refractivity contribution in [2.75, 3.05) is 0 Å². The molecule has 2 fully saturated rings. The molecular weight excluding hydrogens is 360 g/mol. The Balaban J connectivity index is 1.42. The fraction of sp³-hybridized carbons (Fsp3) is 0.400. The van der Waals surface area contributed by atoms with Crippen molar-refractivity contribution in [1.29, 1.82) is 0 Å². The summed E-state index contributed by atoms with van der Waals surface area (Å²) < 4.78 is 0. The van der Waals surface area contributed by atoms with Crippen molar-refractivity contribution in [2.45, 2.75) is 51.9 Å². The van der Waals surface area contributed by atoms with Gasteiger partial charge in [0.2, 0.25) is 0 Å². The molecule has 0 saturated heterocycles. The first kappa shape index (κ1) is 18.4. The number of benzene rings is 3. The van der Waals surface area contributed by atoms with E-state index in [4.69, 9.17) is 0 Å². The Morgan fingerprint density at radius 2 is 1.60 bits per heavy atom. The van der Waals surface area contributed by atoms with Crippen LogP contribution in [0.2, 0.25) is 0 Å². The average Bonchev–Trinajstić information content (AvgIpc) is 3.14. The first-order valence-corrected chi connectivity index (χ1v) is 12.1. The minimum atomic E-state index is 0.704. The molecule has 0 nitrogen and oxygen atoms in total. The molecule has 152 valence electrons. The summed E-state index contributed by atoms with van der Waals surface area (Å²) in [4.78, 5) is 0. The van der Waals surface area contributed by atoms with Gasteiger partial charge >= 0.3 is 0 Å². The van der Waals surface area contributed by atoms with Crippen molar-refractivity contribution in [3.63, 3.8) is 0 Å². The lowest BCUT2D eigenvalue weighted by molar-refractivity contribution is 0.307. The summed E-state index contributed by atoms with van der Waals surface area (Å²) in [6, 6.07) is 22.9. The zero-order valence-electron chi connectivity index (χ0n) is 18.1. The van der Waals surface area contributed by atoms with Crippen molar-refractivity contribution in [3.8, 4) is 11.1 Å². The quantitative estimate of drug-likeness (QED) is 0.420. The largest absolute Gasteiger partial charge is 0.0770 e. The van der Waals surface area contributed by atoms with Crippen LogP contribution in [-0.4, -0.2) is 0 Å². The second kappa shape index (κ2) is 7.41. The predicted molar refractivity (Wildman–Crippen MR) is 128 cm³/mol. The Labute approximate surface area is 181 Å². The van der Waals surface area contributed by atoms with E-state index in [-0.39, 0.29) is 0 Å². The summed E-state index contributed by atoms with van der Waals surface area (Å²) in [7, 11) is 0. The summed E-state index contributed by atoms with van der Waals surface area (Å²) >= 11 is 0. The second-order valence-electron chi connectivity index (χ2n) is 10.1. The van der Waals surface area contributed by atoms with Gasteiger partial charge in [-0.2, -0.15) is 0 Å². The monoisotopic (exact) mass is 392 g/mol. The van der Waals surface area contributed by atoms with Crippen LogP contribution in [0.15, 0.2) is 66.7 Å². The van der Waals surface area contributed by atoms with Gasteiger partial charge in [0.15, 0.2) is 0 Å². The topological polar surface area (TPSA) is 0 Å². The maximum absolute atomic E-state index is 2.68. The summed E-state index contributed by atoms with van der Waals surface area (Å²) in [6.07, 6.45) is 12.5. The van der Waals surface area contributed by atoms with Crippen LogP contribution >= 0.6 is 0 Å². The zero-order chi connectivity index (χ0) is 20.1. The van der Waals surface area contributed by atoms with E-state index in [1.54, 1.807) is 16.7 Å². The molecule has 0 amide bonds. The average molecular weight is 393 g/mol. The molecule has 0 heterocycles. The van der Waals surface area contributed by atoms with Gasteiger partial charge in [-0.15, -0.1) is 0 Å². The maximum atomic E-state index is 2.68. The van der Waals surface area contributed by atoms with Crippen LogP contribution in [0.1, 0.15) is 56.6 Å². The van der Waals surface area contributed by atoms with Crippen LogP contribution in [0, 0.1) is 23.7 Å². The number of hydrogen-bond acceptors (Lipinski definition) is 0. The molecule has 0 N–H and O–H groups in total. The van der Waals surface area contributed by atoms with E-state index in [1.807, 2.05) is 0 Å². The maximum Gasteiger partial charge on any atom is -0.0105 e. The third-order valence-corrected chi connectivity index (χ3v) is 8.26. The lowest BCUT2D eigenvalue weighted by Crippen LogP contribution is -2.21. The Morgan fingerprint density at radius 1 is 0.800 bits per heavy atom. The number of rotatable bonds is 3. The molecule has 3 aliphatic rings. The van der Waals surface area contributed by atoms with Crippen LogP contribution in [0.25, 0.3) is 27.5 Å². The lowest BCUT2D eigenvalue weighted by atomic mass is 9.71. The molecule has 2 bridgehead atoms. The normalized spacial score (nSPS) is 27.7. The Bertz CT molecular complexity index is 1100. The van der Waals surface area contributed by atoms with E-state index < -0.39 is 0 Å². The van der Waals surface area contributed by atoms with Gasteiger partial charge in [0.25, 0.3) is 0 Å². The Kier molecular flexibility index (Phi) is 4.55. The van der Waals surface area contributed by atoms with E-state index in [0.717, 1.165) is 17.8 Å². The molecule has 6 rings (SSSR count). The molecule has 3 aromatic carbocycles. The molecule has 0 heteroatoms. The summed E-state index contributed by atoms with van der Waals surface area (Å²) in [5.41, 5.74) is 7.60. The predicted octanol–water partition coefficient (Wildman–Crippen LogP) is 8.30. The molecular formula is C30H32. The molecule has 30 heavy (non-hydrogen) atoms. The zero-order valence-corrected chi connectivity index (χ0v) is 18.1. The van der Waals surface area contributed by atoms with Gasteiger partial charge in [-0.05, 0) is 94.4 Å². The molecule has 0 radical (unpaired) electrons. The molecule has 0 spiro atoms. The van der Waals surface area contributed by atoms with E-state index in [2.05, 4.69) is 73.7 Å². The van der Waals surface area contributed by atoms with Gasteiger partial charge in [0, 0.05) is 0 Å². The fourth-order valence-electron chi connectivity index (χ4n) is 6.75. The highest BCUT2D eigenvalue weighted by Crippen LogP contribution is 2.50. The van der Waals surface area contributed by atoms with E-state index >= 15 is 0 Å². The summed E-state index contributed by atoms with van der Waals surface area (Å²) in [5, 5.41) is 2.69. The highest BCUT2D eigenvalue weighted by atomic mass is 14.4. The minimum Gasteiger partial charge on any atom is -0.0770 e. The fourth-order valence-corrected chi connectivity index (χ4v) is 6.75. The SMILES string of the molecule is CCC1C=C(C2CC3CCC(C3)C2)c2ccc(-c3cccc4ccccc34)cc2C1. The van der Waals surface area contributed by atoms with Crippen molar-refractivity contribution in [3.05, 3.63) is 77.9 Å². The standard InChI is InChI=1S/C30H32/c1-2-20-15-26-19-24(28-9-5-7-23-6-3-4-8-27(23)28)12-13-29(26)30(18-20)25-16-21-10-11-22(14-21)17-25/h3-9,12-13,18-22,25H,2,10-11,14-17H2,1H3. The van der Waals surface area contributed by atoms with E-state index in [0.29, 0.717) is 5.92 Å². The molecule has 3 unspecified atom stereocenters. The third kappa shape index (κ3) is 3.13. The first-order valence-electron chi connectivity index (χ1n) is 12.1. The van der Waals surface area contributed by atoms with Crippen LogP contribution < -0.4 is 0 Å². The number of fused-ring (bicyclic) bond motifs is 4. The van der Waals surface area contributed by atoms with Crippen molar-refractivity contribution < 1.29 is 0 Å². The number of allylic oxidation sites excluding steroid dienone is 2. The van der Waals surface area contributed by atoms with Gasteiger partial charge in [0.05, 0.1) is 0 Å². The molecule has 3 aromatic rings. The molecule has 3 atom stereocenters. The first-order chi connectivity index (χ1) is 14.8. The molecule has 0 aliphatic heterocycles. The van der Waals surface area contributed by atoms with Crippen molar-refractivity contribution in [1.82, 2.24) is 0 Å². The highest BCUT2D eigenvalue weighted by molar-refractivity contribution is 5.97. The molecule has 3 aliphatic carbocycles. The van der Waals surface area contributed by atoms with Gasteiger partial charge in [0.1, 0.15) is 0 Å². The van der Waals surface area contributed by atoms with Crippen LogP contribution in [-0.2, 0) is 6.42 Å². The van der Waals surface area contributed by atoms with Crippen LogP contribution in [0.5, 0.6) is 0 Å². The number of hydrogen-bond donors (Lipinski definition) is 0. The van der Waals surface area contributed by atoms with Crippen LogP contribution in [0.3, 0.4) is 0 Å². The van der Waals surface area contributed by atoms with Gasteiger partial charge in [-0.1, -0.05) is 86.5 Å². The third-order valence-electron chi connectivity index (χ3n) is 8.26. The van der Waals surface area contributed by atoms with E-state index in [9.17, 15) is 0 Å². The van der Waals surface area contributed by atoms with Crippen molar-refractivity contribution >= 4 is 16.3 Å². The second-order valence-corrected chi connectivity index (χ2v) is 10.1. The summed E-state index contributed by atoms with van der Waals surface area (Å²) in [6.45, 7) is 2.36. The Morgan fingerprint density at radius 3 is 2.43 bits per heavy atom. The Hall–Kier alpha value is -2.34. The van der Waals surface area contributed by atoms with Gasteiger partial charge in [-0.25, -0.2) is 0 Å². The molecule has 0 aromatic heterocycles.